The predicted molar refractivity (Wildman–Crippen MR) is 73.4 cm³/mol. The van der Waals surface area contributed by atoms with Gasteiger partial charge in [0.1, 0.15) is 0 Å². The Morgan fingerprint density at radius 1 is 1.30 bits per heavy atom. The third-order valence-corrected chi connectivity index (χ3v) is 3.49. The molecular weight excluding hydrogens is 265 g/mol. The number of nitro benzene ring substituents is 1. The minimum atomic E-state index is -0.598. The van der Waals surface area contributed by atoms with Gasteiger partial charge in [0.15, 0.2) is 5.82 Å². The summed E-state index contributed by atoms with van der Waals surface area (Å²) in [6.45, 7) is 3.98. The number of anilines is 1. The summed E-state index contributed by atoms with van der Waals surface area (Å²) in [7, 11) is 0. The zero-order valence-corrected chi connectivity index (χ0v) is 11.2. The van der Waals surface area contributed by atoms with Crippen molar-refractivity contribution >= 4 is 11.4 Å². The first-order valence-electron chi connectivity index (χ1n) is 6.64. The molecule has 0 radical (unpaired) electrons. The van der Waals surface area contributed by atoms with E-state index in [-0.39, 0.29) is 12.3 Å². The largest absolute Gasteiger partial charge is 0.396 e. The topological polar surface area (TPSA) is 69.9 Å². The molecule has 0 saturated carbocycles. The Hall–Kier alpha value is -1.73. The van der Waals surface area contributed by atoms with E-state index in [0.717, 1.165) is 32.1 Å². The summed E-state index contributed by atoms with van der Waals surface area (Å²) in [5.74, 6) is -0.553. The van der Waals surface area contributed by atoms with Crippen molar-refractivity contribution in [2.45, 2.75) is 6.42 Å². The van der Waals surface area contributed by atoms with Gasteiger partial charge in [-0.1, -0.05) is 0 Å². The maximum Gasteiger partial charge on any atom is 0.272 e. The first-order valence-corrected chi connectivity index (χ1v) is 6.64. The fourth-order valence-electron chi connectivity index (χ4n) is 2.37. The van der Waals surface area contributed by atoms with E-state index in [1.54, 1.807) is 0 Å². The number of nitro groups is 1. The molecule has 1 aliphatic heterocycles. The number of hydrogen-bond acceptors (Lipinski definition) is 5. The van der Waals surface area contributed by atoms with Crippen LogP contribution in [0.4, 0.5) is 15.8 Å². The number of rotatable bonds is 5. The normalized spacial score (nSPS) is 16.4. The van der Waals surface area contributed by atoms with E-state index in [2.05, 4.69) is 4.90 Å². The van der Waals surface area contributed by atoms with Crippen molar-refractivity contribution in [3.8, 4) is 0 Å². The molecular formula is C13H18FN3O3. The van der Waals surface area contributed by atoms with Gasteiger partial charge in [-0.2, -0.15) is 0 Å². The third-order valence-electron chi connectivity index (χ3n) is 3.49. The second-order valence-corrected chi connectivity index (χ2v) is 4.80. The first-order chi connectivity index (χ1) is 9.61. The summed E-state index contributed by atoms with van der Waals surface area (Å²) in [6.07, 6.45) is 0.742. The molecule has 2 rings (SSSR count). The fourth-order valence-corrected chi connectivity index (χ4v) is 2.37. The first kappa shape index (κ1) is 14.7. The number of nitrogens with zero attached hydrogens (tertiary/aromatic N) is 3. The van der Waals surface area contributed by atoms with E-state index in [1.165, 1.54) is 12.1 Å². The predicted octanol–water partition coefficient (Wildman–Crippen LogP) is 1.24. The molecule has 1 N–H and O–H groups in total. The van der Waals surface area contributed by atoms with Crippen molar-refractivity contribution in [2.24, 2.45) is 0 Å². The van der Waals surface area contributed by atoms with Crippen LogP contribution < -0.4 is 4.90 Å². The lowest BCUT2D eigenvalue weighted by molar-refractivity contribution is -0.385. The van der Waals surface area contributed by atoms with Crippen LogP contribution in [-0.2, 0) is 0 Å². The summed E-state index contributed by atoms with van der Waals surface area (Å²) in [6, 6.07) is 3.76. The molecule has 1 aromatic rings. The number of piperazine rings is 1. The van der Waals surface area contributed by atoms with E-state index in [4.69, 9.17) is 5.11 Å². The summed E-state index contributed by atoms with van der Waals surface area (Å²) in [5, 5.41) is 19.4. The van der Waals surface area contributed by atoms with Crippen LogP contribution in [-0.4, -0.2) is 54.3 Å². The van der Waals surface area contributed by atoms with Gasteiger partial charge in [0, 0.05) is 45.4 Å². The van der Waals surface area contributed by atoms with Gasteiger partial charge >= 0.3 is 0 Å². The highest BCUT2D eigenvalue weighted by Crippen LogP contribution is 2.24. The number of aliphatic hydroxyl groups excluding tert-OH is 1. The van der Waals surface area contributed by atoms with E-state index >= 15 is 0 Å². The Kier molecular flexibility index (Phi) is 4.86. The highest BCUT2D eigenvalue weighted by molar-refractivity contribution is 5.52. The zero-order valence-electron chi connectivity index (χ0n) is 11.2. The fraction of sp³-hybridized carbons (Fsp3) is 0.538. The minimum Gasteiger partial charge on any atom is -0.396 e. The lowest BCUT2D eigenvalue weighted by Crippen LogP contribution is -2.47. The average molecular weight is 283 g/mol. The molecule has 110 valence electrons. The molecule has 0 aromatic heterocycles. The quantitative estimate of drug-likeness (QED) is 0.650. The van der Waals surface area contributed by atoms with E-state index in [1.807, 2.05) is 4.90 Å². The van der Waals surface area contributed by atoms with Crippen molar-refractivity contribution in [3.63, 3.8) is 0 Å². The van der Waals surface area contributed by atoms with Crippen molar-refractivity contribution in [1.29, 1.82) is 0 Å². The Balaban J connectivity index is 1.98. The number of benzene rings is 1. The van der Waals surface area contributed by atoms with Crippen molar-refractivity contribution < 1.29 is 14.4 Å². The van der Waals surface area contributed by atoms with E-state index in [0.29, 0.717) is 18.8 Å². The molecule has 7 heteroatoms. The Bertz CT molecular complexity index is 476. The standard InChI is InChI=1S/C13H18FN3O3/c14-12-10-11(17(19)20)2-3-13(12)16-7-5-15(6-8-16)4-1-9-18/h2-3,10,18H,1,4-9H2. The maximum atomic E-state index is 13.9. The molecule has 0 atom stereocenters. The molecule has 0 unspecified atom stereocenters. The van der Waals surface area contributed by atoms with Gasteiger partial charge < -0.3 is 10.0 Å². The SMILES string of the molecule is O=[N+]([O-])c1ccc(N2CCN(CCCO)CC2)c(F)c1. The molecule has 0 spiro atoms. The van der Waals surface area contributed by atoms with Gasteiger partial charge in [0.2, 0.25) is 0 Å². The summed E-state index contributed by atoms with van der Waals surface area (Å²) >= 11 is 0. The summed E-state index contributed by atoms with van der Waals surface area (Å²) in [5.41, 5.74) is 0.185. The molecule has 1 fully saturated rings. The van der Waals surface area contributed by atoms with Gasteiger partial charge in [0.05, 0.1) is 16.7 Å². The van der Waals surface area contributed by atoms with Crippen LogP contribution in [0.25, 0.3) is 0 Å². The zero-order chi connectivity index (χ0) is 14.5. The molecule has 20 heavy (non-hydrogen) atoms. The van der Waals surface area contributed by atoms with Crippen LogP contribution in [0, 0.1) is 15.9 Å². The van der Waals surface area contributed by atoms with E-state index < -0.39 is 10.7 Å². The molecule has 1 aromatic carbocycles. The van der Waals surface area contributed by atoms with Crippen molar-refractivity contribution in [1.82, 2.24) is 4.90 Å². The highest BCUT2D eigenvalue weighted by atomic mass is 19.1. The Morgan fingerprint density at radius 2 is 2.00 bits per heavy atom. The summed E-state index contributed by atoms with van der Waals surface area (Å²) in [4.78, 5) is 14.1. The molecule has 1 heterocycles. The van der Waals surface area contributed by atoms with Gasteiger partial charge in [-0.3, -0.25) is 15.0 Å². The minimum absolute atomic E-state index is 0.178. The third kappa shape index (κ3) is 3.43. The van der Waals surface area contributed by atoms with Crippen LogP contribution in [0.3, 0.4) is 0 Å². The van der Waals surface area contributed by atoms with Gasteiger partial charge in [-0.05, 0) is 12.5 Å². The molecule has 6 nitrogen and oxygen atoms in total. The monoisotopic (exact) mass is 283 g/mol. The number of non-ortho nitro benzene ring substituents is 1. The lowest BCUT2D eigenvalue weighted by atomic mass is 10.2. The van der Waals surface area contributed by atoms with Crippen LogP contribution in [0.15, 0.2) is 18.2 Å². The van der Waals surface area contributed by atoms with Crippen LogP contribution in [0.5, 0.6) is 0 Å². The molecule has 1 saturated heterocycles. The van der Waals surface area contributed by atoms with Gasteiger partial charge in [-0.25, -0.2) is 4.39 Å². The Morgan fingerprint density at radius 3 is 2.55 bits per heavy atom. The maximum absolute atomic E-state index is 13.9. The van der Waals surface area contributed by atoms with Crippen molar-refractivity contribution in [2.75, 3.05) is 44.2 Å². The molecule has 0 amide bonds. The Labute approximate surface area is 116 Å². The smallest absolute Gasteiger partial charge is 0.272 e. The van der Waals surface area contributed by atoms with Gasteiger partial charge in [0.25, 0.3) is 5.69 Å². The van der Waals surface area contributed by atoms with E-state index in [9.17, 15) is 14.5 Å². The molecule has 0 aliphatic carbocycles. The number of hydrogen-bond donors (Lipinski definition) is 1. The van der Waals surface area contributed by atoms with Crippen LogP contribution in [0.1, 0.15) is 6.42 Å². The van der Waals surface area contributed by atoms with Crippen LogP contribution in [0.2, 0.25) is 0 Å². The van der Waals surface area contributed by atoms with Crippen molar-refractivity contribution in [3.05, 3.63) is 34.1 Å². The second kappa shape index (κ2) is 6.62. The summed E-state index contributed by atoms with van der Waals surface area (Å²) < 4.78 is 13.9. The number of halogens is 1. The average Bonchev–Trinajstić information content (AvgIpc) is 2.45. The van der Waals surface area contributed by atoms with Gasteiger partial charge in [-0.15, -0.1) is 0 Å². The lowest BCUT2D eigenvalue weighted by Gasteiger charge is -2.36. The van der Waals surface area contributed by atoms with Crippen LogP contribution >= 0.6 is 0 Å². The molecule has 1 aliphatic rings. The second-order valence-electron chi connectivity index (χ2n) is 4.80. The number of aliphatic hydroxyl groups is 1. The molecule has 0 bridgehead atoms. The highest BCUT2D eigenvalue weighted by Gasteiger charge is 2.20.